The summed E-state index contributed by atoms with van der Waals surface area (Å²) >= 11 is 5.82. The van der Waals surface area contributed by atoms with E-state index in [1.54, 1.807) is 7.05 Å². The van der Waals surface area contributed by atoms with Gasteiger partial charge in [0.15, 0.2) is 13.1 Å². The van der Waals surface area contributed by atoms with Crippen LogP contribution in [0.5, 0.6) is 0 Å². The number of carbonyl (C=O) groups excluding carboxylic acids is 2. The van der Waals surface area contributed by atoms with E-state index in [4.69, 9.17) is 11.6 Å². The van der Waals surface area contributed by atoms with Crippen molar-refractivity contribution in [3.05, 3.63) is 28.8 Å². The number of carbonyl (C=O) groups is 2. The van der Waals surface area contributed by atoms with Crippen molar-refractivity contribution < 1.29 is 27.7 Å². The van der Waals surface area contributed by atoms with Crippen LogP contribution in [0.4, 0.5) is 18.9 Å². The third kappa shape index (κ3) is 5.68. The number of amides is 2. The van der Waals surface area contributed by atoms with Gasteiger partial charge in [0.1, 0.15) is 0 Å². The van der Waals surface area contributed by atoms with Crippen molar-refractivity contribution in [1.82, 2.24) is 5.32 Å². The molecule has 0 aliphatic heterocycles. The highest BCUT2D eigenvalue weighted by molar-refractivity contribution is 6.33. The molecule has 1 fully saturated rings. The zero-order chi connectivity index (χ0) is 17.9. The van der Waals surface area contributed by atoms with Gasteiger partial charge in [-0.25, -0.2) is 0 Å². The van der Waals surface area contributed by atoms with Crippen LogP contribution in [-0.2, 0) is 15.8 Å². The number of anilines is 1. The number of rotatable bonds is 6. The lowest BCUT2D eigenvalue weighted by Gasteiger charge is -2.15. The van der Waals surface area contributed by atoms with E-state index in [0.29, 0.717) is 4.90 Å². The Balaban J connectivity index is 1.90. The van der Waals surface area contributed by atoms with Gasteiger partial charge in [0.05, 0.1) is 23.3 Å². The fourth-order valence-corrected chi connectivity index (χ4v) is 2.27. The van der Waals surface area contributed by atoms with Gasteiger partial charge in [-0.15, -0.1) is 0 Å². The molecule has 9 heteroatoms. The van der Waals surface area contributed by atoms with Gasteiger partial charge in [0, 0.05) is 6.04 Å². The molecule has 0 spiro atoms. The Morgan fingerprint density at radius 1 is 1.25 bits per heavy atom. The molecule has 132 valence electrons. The quantitative estimate of drug-likeness (QED) is 0.707. The first-order chi connectivity index (χ1) is 11.1. The summed E-state index contributed by atoms with van der Waals surface area (Å²) in [5, 5.41) is 5.17. The monoisotopic (exact) mass is 364 g/mol. The largest absolute Gasteiger partial charge is 0.416 e. The van der Waals surface area contributed by atoms with Gasteiger partial charge in [0.2, 0.25) is 0 Å². The highest BCUT2D eigenvalue weighted by Crippen LogP contribution is 2.33. The third-order valence-corrected chi connectivity index (χ3v) is 3.76. The Bertz CT molecular complexity index is 633. The molecule has 1 aliphatic rings. The van der Waals surface area contributed by atoms with Crippen molar-refractivity contribution in [3.8, 4) is 0 Å². The minimum absolute atomic E-state index is 0.0143. The second-order valence-corrected chi connectivity index (χ2v) is 6.30. The molecule has 1 aromatic rings. The molecule has 24 heavy (non-hydrogen) atoms. The Labute approximate surface area is 142 Å². The molecule has 1 saturated carbocycles. The van der Waals surface area contributed by atoms with Gasteiger partial charge < -0.3 is 15.5 Å². The summed E-state index contributed by atoms with van der Waals surface area (Å²) in [7, 11) is 1.65. The smallest absolute Gasteiger partial charge is 0.348 e. The van der Waals surface area contributed by atoms with Crippen molar-refractivity contribution >= 4 is 29.1 Å². The Morgan fingerprint density at radius 3 is 2.46 bits per heavy atom. The van der Waals surface area contributed by atoms with E-state index in [-0.39, 0.29) is 35.7 Å². The van der Waals surface area contributed by atoms with Gasteiger partial charge in [-0.2, -0.15) is 13.2 Å². The van der Waals surface area contributed by atoms with E-state index in [1.165, 1.54) is 0 Å². The number of halogens is 4. The van der Waals surface area contributed by atoms with Crippen LogP contribution in [0, 0.1) is 0 Å². The maximum atomic E-state index is 12.7. The summed E-state index contributed by atoms with van der Waals surface area (Å²) < 4.78 is 38.1. The molecular weight excluding hydrogens is 347 g/mol. The molecule has 0 aromatic heterocycles. The van der Waals surface area contributed by atoms with Crippen molar-refractivity contribution in [2.75, 3.05) is 25.5 Å². The molecular formula is C15H18ClF3N3O2+. The standard InChI is InChI=1S/C15H17ClF3N3O2/c1-22(7-13(23)20-10-3-4-10)8-14(24)21-12-6-9(15(17,18)19)2-5-11(12)16/h2,5-6,10H,3-4,7-8H2,1H3,(H,20,23)(H,21,24)/p+1. The normalized spacial score (nSPS) is 15.7. The van der Waals surface area contributed by atoms with Crippen LogP contribution in [0.1, 0.15) is 18.4 Å². The van der Waals surface area contributed by atoms with Gasteiger partial charge in [-0.05, 0) is 31.0 Å². The topological polar surface area (TPSA) is 62.6 Å². The first-order valence-electron chi connectivity index (χ1n) is 7.42. The number of nitrogens with one attached hydrogen (secondary N) is 3. The van der Waals surface area contributed by atoms with Crippen LogP contribution in [0.3, 0.4) is 0 Å². The molecule has 0 bridgehead atoms. The fourth-order valence-electron chi connectivity index (χ4n) is 2.11. The van der Waals surface area contributed by atoms with Gasteiger partial charge in [-0.3, -0.25) is 9.59 Å². The minimum atomic E-state index is -4.52. The molecule has 2 rings (SSSR count). The lowest BCUT2D eigenvalue weighted by atomic mass is 10.2. The Morgan fingerprint density at radius 2 is 1.88 bits per heavy atom. The average molecular weight is 365 g/mol. The fraction of sp³-hybridized carbons (Fsp3) is 0.467. The molecule has 0 heterocycles. The van der Waals surface area contributed by atoms with Crippen LogP contribution in [-0.4, -0.2) is 38.0 Å². The van der Waals surface area contributed by atoms with Crippen molar-refractivity contribution in [1.29, 1.82) is 0 Å². The van der Waals surface area contributed by atoms with Crippen molar-refractivity contribution in [3.63, 3.8) is 0 Å². The van der Waals surface area contributed by atoms with Gasteiger partial charge in [0.25, 0.3) is 11.8 Å². The lowest BCUT2D eigenvalue weighted by molar-refractivity contribution is -0.862. The van der Waals surface area contributed by atoms with Crippen molar-refractivity contribution in [2.24, 2.45) is 0 Å². The van der Waals surface area contributed by atoms with Crippen molar-refractivity contribution in [2.45, 2.75) is 25.1 Å². The maximum Gasteiger partial charge on any atom is 0.416 e. The van der Waals surface area contributed by atoms with Crippen LogP contribution in [0.2, 0.25) is 5.02 Å². The van der Waals surface area contributed by atoms with E-state index in [0.717, 1.165) is 31.0 Å². The molecule has 5 nitrogen and oxygen atoms in total. The van der Waals surface area contributed by atoms with Crippen LogP contribution < -0.4 is 15.5 Å². The number of hydrogen-bond acceptors (Lipinski definition) is 2. The van der Waals surface area contributed by atoms with E-state index in [1.807, 2.05) is 0 Å². The number of alkyl halides is 3. The molecule has 2 amide bonds. The highest BCUT2D eigenvalue weighted by atomic mass is 35.5. The van der Waals surface area contributed by atoms with E-state index >= 15 is 0 Å². The molecule has 1 atom stereocenters. The van der Waals surface area contributed by atoms with Gasteiger partial charge >= 0.3 is 6.18 Å². The Hall–Kier alpha value is -1.80. The highest BCUT2D eigenvalue weighted by Gasteiger charge is 2.31. The summed E-state index contributed by atoms with van der Waals surface area (Å²) in [4.78, 5) is 24.2. The second-order valence-electron chi connectivity index (χ2n) is 5.89. The molecule has 3 N–H and O–H groups in total. The van der Waals surface area contributed by atoms with Gasteiger partial charge in [-0.1, -0.05) is 11.6 Å². The van der Waals surface area contributed by atoms with E-state index < -0.39 is 17.6 Å². The maximum absolute atomic E-state index is 12.7. The number of quaternary nitrogens is 1. The average Bonchev–Trinajstić information content (AvgIpc) is 3.23. The lowest BCUT2D eigenvalue weighted by Crippen LogP contribution is -3.11. The molecule has 1 unspecified atom stereocenters. The SMILES string of the molecule is C[NH+](CC(=O)Nc1cc(C(F)(F)F)ccc1Cl)CC(=O)NC1CC1. The summed E-state index contributed by atoms with van der Waals surface area (Å²) in [5.41, 5.74) is -1.00. The van der Waals surface area contributed by atoms with Crippen LogP contribution in [0.15, 0.2) is 18.2 Å². The second kappa shape index (κ2) is 7.40. The Kier molecular flexibility index (Phi) is 5.71. The summed E-state index contributed by atoms with van der Waals surface area (Å²) in [6.07, 6.45) is -2.58. The third-order valence-electron chi connectivity index (χ3n) is 3.43. The van der Waals surface area contributed by atoms with E-state index in [9.17, 15) is 22.8 Å². The minimum Gasteiger partial charge on any atom is -0.348 e. The first-order valence-corrected chi connectivity index (χ1v) is 7.80. The number of benzene rings is 1. The summed E-state index contributed by atoms with van der Waals surface area (Å²) in [6, 6.07) is 2.95. The zero-order valence-corrected chi connectivity index (χ0v) is 13.7. The predicted octanol–water partition coefficient (Wildman–Crippen LogP) is 1.09. The number of hydrogen-bond donors (Lipinski definition) is 3. The molecule has 1 aliphatic carbocycles. The number of likely N-dealkylation sites (N-methyl/N-ethyl adjacent to an activating group) is 1. The predicted molar refractivity (Wildman–Crippen MR) is 82.9 cm³/mol. The first kappa shape index (κ1) is 18.5. The summed E-state index contributed by atoms with van der Waals surface area (Å²) in [6.45, 7) is 0.0465. The molecule has 0 saturated heterocycles. The van der Waals surface area contributed by atoms with E-state index in [2.05, 4.69) is 10.6 Å². The van der Waals surface area contributed by atoms with Crippen LogP contribution >= 0.6 is 11.6 Å². The zero-order valence-electron chi connectivity index (χ0n) is 13.0. The molecule has 1 aromatic carbocycles. The van der Waals surface area contributed by atoms with Crippen LogP contribution in [0.25, 0.3) is 0 Å². The molecule has 0 radical (unpaired) electrons. The summed E-state index contributed by atoms with van der Waals surface area (Å²) in [5.74, 6) is -0.673.